The number of rotatable bonds is 7. The highest BCUT2D eigenvalue weighted by Crippen LogP contribution is 2.26. The molecule has 5 nitrogen and oxygen atoms in total. The first kappa shape index (κ1) is 20.2. The highest BCUT2D eigenvalue weighted by Gasteiger charge is 2.32. The summed E-state index contributed by atoms with van der Waals surface area (Å²) in [6.07, 6.45) is 7.93. The molecule has 1 atom stereocenters. The highest BCUT2D eigenvalue weighted by molar-refractivity contribution is 5.95. The second-order valence-corrected chi connectivity index (χ2v) is 5.86. The smallest absolute Gasteiger partial charge is 0.338 e. The molecule has 5 heteroatoms. The van der Waals surface area contributed by atoms with Gasteiger partial charge in [-0.1, -0.05) is 68.1 Å². The molecule has 1 aliphatic rings. The van der Waals surface area contributed by atoms with Gasteiger partial charge in [-0.15, -0.1) is 0 Å². The summed E-state index contributed by atoms with van der Waals surface area (Å²) in [4.78, 5) is 17.5. The van der Waals surface area contributed by atoms with Gasteiger partial charge in [-0.2, -0.15) is 0 Å². The molecule has 0 bridgehead atoms. The number of amidine groups is 1. The molecule has 0 saturated carbocycles. The van der Waals surface area contributed by atoms with Gasteiger partial charge in [0.2, 0.25) is 0 Å². The van der Waals surface area contributed by atoms with Crippen molar-refractivity contribution in [2.75, 3.05) is 7.11 Å². The van der Waals surface area contributed by atoms with Crippen LogP contribution in [0.2, 0.25) is 0 Å². The Hall–Kier alpha value is -3.08. The van der Waals surface area contributed by atoms with Gasteiger partial charge in [0.1, 0.15) is 12.6 Å². The molecule has 1 N–H and O–H groups in total. The number of nitrogens with zero attached hydrogens (tertiary/aromatic N) is 1. The molecule has 0 aromatic heterocycles. The minimum atomic E-state index is -0.499. The lowest BCUT2D eigenvalue weighted by atomic mass is 9.94. The summed E-state index contributed by atoms with van der Waals surface area (Å²) < 4.78 is 10.9. The van der Waals surface area contributed by atoms with Gasteiger partial charge in [-0.05, 0) is 24.5 Å². The molecule has 1 aliphatic heterocycles. The maximum Gasteiger partial charge on any atom is 0.338 e. The fourth-order valence-corrected chi connectivity index (χ4v) is 2.76. The van der Waals surface area contributed by atoms with Crippen LogP contribution >= 0.6 is 0 Å². The van der Waals surface area contributed by atoms with Gasteiger partial charge in [0.05, 0.1) is 12.7 Å². The molecule has 0 aliphatic carbocycles. The molecule has 142 valence electrons. The monoisotopic (exact) mass is 366 g/mol. The molecule has 0 spiro atoms. The van der Waals surface area contributed by atoms with Crippen molar-refractivity contribution in [2.24, 2.45) is 4.99 Å². The minimum absolute atomic E-state index is 0.210. The van der Waals surface area contributed by atoms with E-state index in [-0.39, 0.29) is 6.61 Å². The van der Waals surface area contributed by atoms with Gasteiger partial charge in [0.15, 0.2) is 0 Å². The maximum absolute atomic E-state index is 12.9. The van der Waals surface area contributed by atoms with Crippen molar-refractivity contribution in [3.63, 3.8) is 0 Å². The molecule has 27 heavy (non-hydrogen) atoms. The quantitative estimate of drug-likeness (QED) is 0.584. The lowest BCUT2D eigenvalue weighted by molar-refractivity contribution is -0.140. The number of esters is 1. The van der Waals surface area contributed by atoms with Crippen molar-refractivity contribution in [3.05, 3.63) is 83.6 Å². The predicted molar refractivity (Wildman–Crippen MR) is 108 cm³/mol. The number of ether oxygens (including phenoxy) is 2. The van der Waals surface area contributed by atoms with E-state index in [2.05, 4.69) is 16.9 Å². The fraction of sp³-hybridized carbons (Fsp3) is 0.273. The molecule has 1 heterocycles. The van der Waals surface area contributed by atoms with Crippen LogP contribution in [-0.4, -0.2) is 25.1 Å². The van der Waals surface area contributed by atoms with Crippen LogP contribution in [-0.2, 0) is 20.9 Å². The van der Waals surface area contributed by atoms with E-state index < -0.39 is 12.0 Å². The average Bonchev–Trinajstić information content (AvgIpc) is 2.72. The molecule has 0 amide bonds. The van der Waals surface area contributed by atoms with E-state index in [4.69, 9.17) is 9.47 Å². The summed E-state index contributed by atoms with van der Waals surface area (Å²) in [5, 5.41) is 3.08. The zero-order chi connectivity index (χ0) is 19.6. The van der Waals surface area contributed by atoms with Gasteiger partial charge >= 0.3 is 5.97 Å². The first-order valence-corrected chi connectivity index (χ1v) is 8.92. The molecule has 1 aromatic carbocycles. The summed E-state index contributed by atoms with van der Waals surface area (Å²) in [7, 11) is 1.55. The van der Waals surface area contributed by atoms with E-state index in [9.17, 15) is 4.79 Å². The number of hydrogen-bond donors (Lipinski definition) is 1. The third-order valence-corrected chi connectivity index (χ3v) is 4.16. The van der Waals surface area contributed by atoms with Gasteiger partial charge < -0.3 is 14.8 Å². The van der Waals surface area contributed by atoms with Crippen molar-refractivity contribution in [1.82, 2.24) is 5.32 Å². The van der Waals surface area contributed by atoms with Gasteiger partial charge in [0, 0.05) is 5.70 Å². The van der Waals surface area contributed by atoms with E-state index in [0.717, 1.165) is 16.8 Å². The number of allylic oxidation sites excluding steroid dienone is 4. The van der Waals surface area contributed by atoms with Crippen LogP contribution in [0.3, 0.4) is 0 Å². The average molecular weight is 366 g/mol. The lowest BCUT2D eigenvalue weighted by Crippen LogP contribution is -2.37. The molecule has 2 rings (SSSR count). The zero-order valence-electron chi connectivity index (χ0n) is 16.1. The van der Waals surface area contributed by atoms with Crippen LogP contribution in [0, 0.1) is 0 Å². The van der Waals surface area contributed by atoms with Crippen LogP contribution in [0.4, 0.5) is 0 Å². The summed E-state index contributed by atoms with van der Waals surface area (Å²) in [6.45, 7) is 7.79. The van der Waals surface area contributed by atoms with Crippen molar-refractivity contribution in [3.8, 4) is 0 Å². The SMILES string of the molecule is C=C/C=C\C(=C/C)C1N=C(OC)NC(CC)=C1C(=O)OCc1ccccc1. The fourth-order valence-electron chi connectivity index (χ4n) is 2.76. The minimum Gasteiger partial charge on any atom is -0.468 e. The third-order valence-electron chi connectivity index (χ3n) is 4.16. The molecular formula is C22H26N2O3. The Morgan fingerprint density at radius 2 is 2.07 bits per heavy atom. The Bertz CT molecular complexity index is 789. The summed E-state index contributed by atoms with van der Waals surface area (Å²) in [5.74, 6) is -0.390. The Labute approximate surface area is 160 Å². The number of carbonyl (C=O) groups is 1. The summed E-state index contributed by atoms with van der Waals surface area (Å²) in [5.41, 5.74) is 3.04. The topological polar surface area (TPSA) is 59.9 Å². The van der Waals surface area contributed by atoms with E-state index >= 15 is 0 Å². The normalized spacial score (nSPS) is 17.4. The molecule has 1 unspecified atom stereocenters. The Balaban J connectivity index is 2.34. The van der Waals surface area contributed by atoms with Gasteiger partial charge in [-0.25, -0.2) is 9.79 Å². The van der Waals surface area contributed by atoms with Crippen molar-refractivity contribution < 1.29 is 14.3 Å². The summed E-state index contributed by atoms with van der Waals surface area (Å²) >= 11 is 0. The zero-order valence-corrected chi connectivity index (χ0v) is 16.1. The van der Waals surface area contributed by atoms with E-state index in [1.807, 2.05) is 62.4 Å². The van der Waals surface area contributed by atoms with Crippen LogP contribution in [0.5, 0.6) is 0 Å². The van der Waals surface area contributed by atoms with Crippen LogP contribution in [0.15, 0.2) is 83.1 Å². The second-order valence-electron chi connectivity index (χ2n) is 5.86. The molecular weight excluding hydrogens is 340 g/mol. The Morgan fingerprint density at radius 3 is 2.67 bits per heavy atom. The second kappa shape index (κ2) is 10.2. The Morgan fingerprint density at radius 1 is 1.33 bits per heavy atom. The summed E-state index contributed by atoms with van der Waals surface area (Å²) in [6, 6.07) is 9.48. The molecule has 0 fully saturated rings. The molecule has 0 radical (unpaired) electrons. The molecule has 0 saturated heterocycles. The largest absolute Gasteiger partial charge is 0.468 e. The predicted octanol–water partition coefficient (Wildman–Crippen LogP) is 4.06. The standard InChI is InChI=1S/C22H26N2O3/c1-5-8-14-17(6-2)20-19(18(7-3)23-22(24-20)26-4)21(25)27-15-16-12-10-9-11-13-16/h5-6,8-14,20H,1,7,15H2,2-4H3,(H,23,24)/b14-8-,17-6+. The number of methoxy groups -OCH3 is 1. The van der Waals surface area contributed by atoms with Gasteiger partial charge in [-0.3, -0.25) is 0 Å². The highest BCUT2D eigenvalue weighted by atomic mass is 16.5. The van der Waals surface area contributed by atoms with E-state index in [1.165, 1.54) is 0 Å². The van der Waals surface area contributed by atoms with Gasteiger partial charge in [0.25, 0.3) is 6.02 Å². The third kappa shape index (κ3) is 5.20. The maximum atomic E-state index is 12.9. The number of carbonyl (C=O) groups excluding carboxylic acids is 1. The van der Waals surface area contributed by atoms with E-state index in [1.54, 1.807) is 13.2 Å². The van der Waals surface area contributed by atoms with Crippen LogP contribution in [0.25, 0.3) is 0 Å². The Kier molecular flexibility index (Phi) is 7.62. The molecule has 1 aromatic rings. The first-order valence-electron chi connectivity index (χ1n) is 8.92. The number of aliphatic imine (C=N–C) groups is 1. The number of nitrogens with one attached hydrogen (secondary N) is 1. The number of hydrogen-bond acceptors (Lipinski definition) is 5. The van der Waals surface area contributed by atoms with Crippen LogP contribution < -0.4 is 5.32 Å². The lowest BCUT2D eigenvalue weighted by Gasteiger charge is -2.26. The van der Waals surface area contributed by atoms with Crippen molar-refractivity contribution in [1.29, 1.82) is 0 Å². The first-order chi connectivity index (χ1) is 13.1. The van der Waals surface area contributed by atoms with E-state index in [0.29, 0.717) is 18.0 Å². The number of benzene rings is 1. The van der Waals surface area contributed by atoms with Crippen molar-refractivity contribution >= 4 is 12.0 Å². The van der Waals surface area contributed by atoms with Crippen molar-refractivity contribution in [2.45, 2.75) is 32.9 Å². The van der Waals surface area contributed by atoms with Crippen LogP contribution in [0.1, 0.15) is 25.8 Å².